The van der Waals surface area contributed by atoms with Gasteiger partial charge in [-0.1, -0.05) is 30.3 Å². The number of nitrogens with zero attached hydrogens (tertiary/aromatic N) is 1. The molecule has 1 saturated heterocycles. The number of anilines is 1. The van der Waals surface area contributed by atoms with E-state index in [1.807, 2.05) is 30.3 Å². The lowest BCUT2D eigenvalue weighted by atomic mass is 9.90. The fourth-order valence-electron chi connectivity index (χ4n) is 2.58. The van der Waals surface area contributed by atoms with Gasteiger partial charge in [-0.25, -0.2) is 13.6 Å². The molecule has 1 aliphatic rings. The summed E-state index contributed by atoms with van der Waals surface area (Å²) in [6.45, 7) is 1.19. The van der Waals surface area contributed by atoms with Crippen molar-refractivity contribution in [3.8, 4) is 0 Å². The number of carboxylic acid groups (broad SMARTS) is 1. The van der Waals surface area contributed by atoms with Crippen LogP contribution < -0.4 is 4.90 Å². The van der Waals surface area contributed by atoms with Crippen molar-refractivity contribution in [2.75, 3.05) is 18.0 Å². The minimum Gasteiger partial charge on any atom is -0.478 e. The second-order valence-electron chi connectivity index (χ2n) is 5.10. The van der Waals surface area contributed by atoms with Crippen LogP contribution in [0.2, 0.25) is 0 Å². The van der Waals surface area contributed by atoms with E-state index in [4.69, 9.17) is 5.11 Å². The summed E-state index contributed by atoms with van der Waals surface area (Å²) in [6.07, 6.45) is 0. The van der Waals surface area contributed by atoms with Gasteiger partial charge in [0.05, 0.1) is 11.3 Å². The van der Waals surface area contributed by atoms with Gasteiger partial charge in [0.2, 0.25) is 0 Å². The highest BCUT2D eigenvalue weighted by Gasteiger charge is 2.31. The van der Waals surface area contributed by atoms with E-state index in [2.05, 4.69) is 0 Å². The molecule has 0 unspecified atom stereocenters. The van der Waals surface area contributed by atoms with Crippen LogP contribution in [0.5, 0.6) is 0 Å². The van der Waals surface area contributed by atoms with E-state index in [9.17, 15) is 13.6 Å². The van der Waals surface area contributed by atoms with E-state index in [0.29, 0.717) is 13.1 Å². The molecule has 3 nitrogen and oxygen atoms in total. The first-order valence-electron chi connectivity index (χ1n) is 6.58. The van der Waals surface area contributed by atoms with Crippen LogP contribution >= 0.6 is 0 Å². The van der Waals surface area contributed by atoms with E-state index in [-0.39, 0.29) is 17.2 Å². The van der Waals surface area contributed by atoms with Crippen LogP contribution in [-0.2, 0) is 0 Å². The van der Waals surface area contributed by atoms with Crippen molar-refractivity contribution in [1.82, 2.24) is 0 Å². The summed E-state index contributed by atoms with van der Waals surface area (Å²) in [5, 5.41) is 9.12. The Morgan fingerprint density at radius 3 is 2.33 bits per heavy atom. The molecule has 2 aromatic carbocycles. The van der Waals surface area contributed by atoms with Crippen molar-refractivity contribution >= 4 is 11.7 Å². The zero-order valence-electron chi connectivity index (χ0n) is 11.1. The van der Waals surface area contributed by atoms with Crippen LogP contribution in [0.25, 0.3) is 0 Å². The molecule has 3 rings (SSSR count). The maximum absolute atomic E-state index is 13.4. The Hall–Kier alpha value is -2.43. The molecule has 0 aliphatic carbocycles. The molecule has 1 aliphatic heterocycles. The Morgan fingerprint density at radius 2 is 1.71 bits per heavy atom. The topological polar surface area (TPSA) is 40.5 Å². The molecule has 21 heavy (non-hydrogen) atoms. The summed E-state index contributed by atoms with van der Waals surface area (Å²) in [5.74, 6) is -3.15. The first-order valence-corrected chi connectivity index (χ1v) is 6.58. The maximum Gasteiger partial charge on any atom is 0.337 e. The Balaban J connectivity index is 1.84. The van der Waals surface area contributed by atoms with Gasteiger partial charge in [0, 0.05) is 25.1 Å². The van der Waals surface area contributed by atoms with Crippen LogP contribution in [0.3, 0.4) is 0 Å². The van der Waals surface area contributed by atoms with E-state index < -0.39 is 17.6 Å². The van der Waals surface area contributed by atoms with Gasteiger partial charge in [0.25, 0.3) is 0 Å². The molecule has 0 radical (unpaired) electrons. The number of hydrogen-bond donors (Lipinski definition) is 1. The molecule has 1 N–H and O–H groups in total. The molecule has 0 spiro atoms. The predicted octanol–water partition coefficient (Wildman–Crippen LogP) is 3.27. The average Bonchev–Trinajstić information content (AvgIpc) is 2.41. The monoisotopic (exact) mass is 289 g/mol. The third-order valence-corrected chi connectivity index (χ3v) is 3.76. The lowest BCUT2D eigenvalue weighted by Crippen LogP contribution is -2.45. The normalized spacial score (nSPS) is 14.9. The molecule has 0 bridgehead atoms. The fourth-order valence-corrected chi connectivity index (χ4v) is 2.58. The number of benzene rings is 2. The number of rotatable bonds is 3. The molecule has 0 amide bonds. The van der Waals surface area contributed by atoms with Crippen molar-refractivity contribution in [2.24, 2.45) is 0 Å². The van der Waals surface area contributed by atoms with Gasteiger partial charge in [-0.15, -0.1) is 0 Å². The van der Waals surface area contributed by atoms with Crippen molar-refractivity contribution in [3.63, 3.8) is 0 Å². The summed E-state index contributed by atoms with van der Waals surface area (Å²) in [6, 6.07) is 11.5. The Morgan fingerprint density at radius 1 is 1.10 bits per heavy atom. The molecule has 2 aromatic rings. The Bertz CT molecular complexity index is 682. The van der Waals surface area contributed by atoms with Gasteiger partial charge in [-0.05, 0) is 11.6 Å². The number of carbonyl (C=O) groups is 1. The SMILES string of the molecule is O=C(O)c1cc(F)c(F)cc1N1CC(c2ccccc2)C1. The molecule has 5 heteroatoms. The summed E-state index contributed by atoms with van der Waals surface area (Å²) in [7, 11) is 0. The molecule has 0 aromatic heterocycles. The minimum atomic E-state index is -1.26. The Labute approximate surface area is 120 Å². The standard InChI is InChI=1S/C16H13F2NO2/c17-13-6-12(16(20)21)15(7-14(13)18)19-8-11(9-19)10-4-2-1-3-5-10/h1-7,11H,8-9H2,(H,20,21). The second-order valence-corrected chi connectivity index (χ2v) is 5.10. The summed E-state index contributed by atoms with van der Waals surface area (Å²) in [4.78, 5) is 12.9. The second kappa shape index (κ2) is 5.16. The van der Waals surface area contributed by atoms with Crippen molar-refractivity contribution in [2.45, 2.75) is 5.92 Å². The first-order chi connectivity index (χ1) is 10.1. The molecule has 0 saturated carbocycles. The Kier molecular flexibility index (Phi) is 3.33. The van der Waals surface area contributed by atoms with E-state index in [1.165, 1.54) is 0 Å². The average molecular weight is 289 g/mol. The molecular formula is C16H13F2NO2. The third-order valence-electron chi connectivity index (χ3n) is 3.76. The van der Waals surface area contributed by atoms with Crippen molar-refractivity contribution < 1.29 is 18.7 Å². The predicted molar refractivity (Wildman–Crippen MR) is 74.7 cm³/mol. The highest BCUT2D eigenvalue weighted by molar-refractivity contribution is 5.94. The number of hydrogen-bond acceptors (Lipinski definition) is 2. The van der Waals surface area contributed by atoms with E-state index in [1.54, 1.807) is 4.90 Å². The summed E-state index contributed by atoms with van der Waals surface area (Å²) in [5.41, 5.74) is 1.18. The van der Waals surface area contributed by atoms with Crippen LogP contribution in [0.4, 0.5) is 14.5 Å². The lowest BCUT2D eigenvalue weighted by molar-refractivity contribution is 0.0696. The summed E-state index contributed by atoms with van der Waals surface area (Å²) < 4.78 is 26.6. The fraction of sp³-hybridized carbons (Fsp3) is 0.188. The minimum absolute atomic E-state index is 0.208. The first kappa shape index (κ1) is 13.5. The summed E-state index contributed by atoms with van der Waals surface area (Å²) >= 11 is 0. The van der Waals surface area contributed by atoms with E-state index >= 15 is 0 Å². The highest BCUT2D eigenvalue weighted by Crippen LogP contribution is 2.34. The quantitative estimate of drug-likeness (QED) is 0.942. The van der Waals surface area contributed by atoms with E-state index in [0.717, 1.165) is 17.7 Å². The largest absolute Gasteiger partial charge is 0.478 e. The number of halogens is 2. The van der Waals surface area contributed by atoms with Crippen molar-refractivity contribution in [3.05, 3.63) is 65.2 Å². The van der Waals surface area contributed by atoms with Gasteiger partial charge in [0.15, 0.2) is 11.6 Å². The van der Waals surface area contributed by atoms with Gasteiger partial charge in [-0.3, -0.25) is 0 Å². The number of aromatic carboxylic acids is 1. The van der Waals surface area contributed by atoms with Gasteiger partial charge in [0.1, 0.15) is 0 Å². The van der Waals surface area contributed by atoms with Crippen LogP contribution in [-0.4, -0.2) is 24.2 Å². The zero-order chi connectivity index (χ0) is 15.0. The molecule has 1 heterocycles. The lowest BCUT2D eigenvalue weighted by Gasteiger charge is -2.42. The van der Waals surface area contributed by atoms with Gasteiger partial charge in [-0.2, -0.15) is 0 Å². The third kappa shape index (κ3) is 2.46. The smallest absolute Gasteiger partial charge is 0.337 e. The molecule has 1 fully saturated rings. The van der Waals surface area contributed by atoms with Crippen LogP contribution in [0, 0.1) is 11.6 Å². The molecule has 0 atom stereocenters. The molecule has 108 valence electrons. The van der Waals surface area contributed by atoms with Crippen LogP contribution in [0.15, 0.2) is 42.5 Å². The zero-order valence-corrected chi connectivity index (χ0v) is 11.1. The molecular weight excluding hydrogens is 276 g/mol. The van der Waals surface area contributed by atoms with Crippen LogP contribution in [0.1, 0.15) is 21.8 Å². The van der Waals surface area contributed by atoms with Gasteiger partial charge < -0.3 is 10.0 Å². The maximum atomic E-state index is 13.4. The van der Waals surface area contributed by atoms with Gasteiger partial charge >= 0.3 is 5.97 Å². The number of carboxylic acids is 1. The highest BCUT2D eigenvalue weighted by atomic mass is 19.2. The van der Waals surface area contributed by atoms with Crippen molar-refractivity contribution in [1.29, 1.82) is 0 Å².